The molecular weight excluding hydrogens is 1050 g/mol. The van der Waals surface area contributed by atoms with Gasteiger partial charge in [-0.15, -0.1) is 0 Å². The van der Waals surface area contributed by atoms with Crippen molar-refractivity contribution in [1.29, 1.82) is 0 Å². The number of benzene rings is 1. The van der Waals surface area contributed by atoms with Gasteiger partial charge >= 0.3 is 17.9 Å². The SMILES string of the molecule is CC(C)C[C@H](NC(=O)CN)C(=O)N[C@@H](CCC(=O)O)C(=O)N[C@@H](CC(N)=O)C(=O)N[C@@H](CC(C)C)C(=O)N[C@@H](CCC(=O)O)C(=O)N[C@@H](Cc1ccccc1)C(=O)N[C@@H](CC(C)C)C(=O)N[C@@H](CCC(N)=O)C(=O)N[C@@H](C)C(=O)O. The number of rotatable bonds is 38. The van der Waals surface area contributed by atoms with Gasteiger partial charge in [-0.3, -0.25) is 67.1 Å². The summed E-state index contributed by atoms with van der Waals surface area (Å²) in [7, 11) is 0. The molecule has 80 heavy (non-hydrogen) atoms. The van der Waals surface area contributed by atoms with Crippen molar-refractivity contribution in [1.82, 2.24) is 47.9 Å². The summed E-state index contributed by atoms with van der Waals surface area (Å²) in [6, 6.07) is -5.77. The Morgan fingerprint density at radius 1 is 0.412 bits per heavy atom. The molecule has 0 spiro atoms. The Labute approximate surface area is 462 Å². The van der Waals surface area contributed by atoms with E-state index < -0.39 is 188 Å². The first-order valence-corrected chi connectivity index (χ1v) is 26.0. The van der Waals surface area contributed by atoms with Gasteiger partial charge in [-0.25, -0.2) is 0 Å². The minimum atomic E-state index is -1.86. The molecule has 29 heteroatoms. The number of hydrogen-bond donors (Lipinski definition) is 15. The normalized spacial score (nSPS) is 14.4. The zero-order chi connectivity index (χ0) is 61.0. The molecule has 0 fully saturated rings. The van der Waals surface area contributed by atoms with Crippen LogP contribution >= 0.6 is 0 Å². The number of nitrogens with two attached hydrogens (primary N) is 3. The number of amides is 11. The second-order valence-corrected chi connectivity index (χ2v) is 20.4. The third kappa shape index (κ3) is 27.9. The highest BCUT2D eigenvalue weighted by Gasteiger charge is 2.36. The van der Waals surface area contributed by atoms with Crippen LogP contribution < -0.4 is 65.1 Å². The van der Waals surface area contributed by atoms with E-state index in [1.54, 1.807) is 71.9 Å². The average molecular weight is 1130 g/mol. The Morgan fingerprint density at radius 2 is 0.738 bits per heavy atom. The van der Waals surface area contributed by atoms with Gasteiger partial charge in [0.2, 0.25) is 65.0 Å². The first kappa shape index (κ1) is 69.8. The molecule has 29 nitrogen and oxygen atoms in total. The Morgan fingerprint density at radius 3 is 1.10 bits per heavy atom. The van der Waals surface area contributed by atoms with Crippen LogP contribution in [-0.4, -0.2) is 159 Å². The van der Waals surface area contributed by atoms with Crippen LogP contribution in [0.25, 0.3) is 0 Å². The number of carboxylic acids is 3. The van der Waals surface area contributed by atoms with Gasteiger partial charge in [-0.05, 0) is 68.8 Å². The number of nitrogens with one attached hydrogen (secondary N) is 9. The molecule has 9 atom stereocenters. The number of aliphatic carboxylic acids is 3. The molecule has 0 aliphatic heterocycles. The van der Waals surface area contributed by atoms with Crippen molar-refractivity contribution >= 4 is 82.9 Å². The van der Waals surface area contributed by atoms with Crippen molar-refractivity contribution in [3.63, 3.8) is 0 Å². The first-order chi connectivity index (χ1) is 37.3. The van der Waals surface area contributed by atoms with Crippen molar-refractivity contribution in [3.05, 3.63) is 35.9 Å². The van der Waals surface area contributed by atoms with E-state index in [0.717, 1.165) is 0 Å². The molecule has 0 bridgehead atoms. The zero-order valence-electron chi connectivity index (χ0n) is 46.1. The quantitative estimate of drug-likeness (QED) is 0.0308. The minimum Gasteiger partial charge on any atom is -0.481 e. The third-order valence-corrected chi connectivity index (χ3v) is 11.8. The largest absolute Gasteiger partial charge is 0.481 e. The number of carboxylic acid groups (broad SMARTS) is 3. The Hall–Kier alpha value is -8.24. The summed E-state index contributed by atoms with van der Waals surface area (Å²) in [4.78, 5) is 182. The Bertz CT molecular complexity index is 2350. The smallest absolute Gasteiger partial charge is 0.325 e. The van der Waals surface area contributed by atoms with Crippen LogP contribution in [0.15, 0.2) is 30.3 Å². The number of carbonyl (C=O) groups excluding carboxylic acids is 11. The van der Waals surface area contributed by atoms with E-state index in [0.29, 0.717) is 5.56 Å². The molecule has 446 valence electrons. The van der Waals surface area contributed by atoms with Crippen LogP contribution in [0.1, 0.15) is 118 Å². The fourth-order valence-corrected chi connectivity index (χ4v) is 7.74. The van der Waals surface area contributed by atoms with Gasteiger partial charge in [0.25, 0.3) is 0 Å². The molecule has 0 saturated carbocycles. The lowest BCUT2D eigenvalue weighted by atomic mass is 9.99. The van der Waals surface area contributed by atoms with Gasteiger partial charge in [-0.2, -0.15) is 0 Å². The molecular formula is C51H80N12O17. The van der Waals surface area contributed by atoms with Crippen LogP contribution in [0.2, 0.25) is 0 Å². The standard InChI is InChI=1S/C51H80N12O17/c1-25(2)19-33(56-40(66)24-52)46(74)58-32(15-18-42(69)70)45(73)63-37(23-39(54)65)50(78)61-35(21-27(5)6)48(76)59-31(14-17-41(67)68)44(72)62-36(22-29-11-9-8-10-12-29)49(77)60-34(20-26(3)4)47(75)57-30(13-16-38(53)64)43(71)55-28(7)51(79)80/h8-12,25-28,30-37H,13-24,52H2,1-7H3,(H2,53,64)(H2,54,65)(H,55,71)(H,56,66)(H,57,75)(H,58,74)(H,59,76)(H,60,77)(H,61,78)(H,62,72)(H,63,73)(H,67,68)(H,69,70)(H,79,80)/t28-,30-,31-,32-,33-,34-,35-,36-,37-/m0/s1. The zero-order valence-corrected chi connectivity index (χ0v) is 46.1. The maximum absolute atomic E-state index is 14.3. The second-order valence-electron chi connectivity index (χ2n) is 20.4. The van der Waals surface area contributed by atoms with Crippen LogP contribution in [0.5, 0.6) is 0 Å². The third-order valence-electron chi connectivity index (χ3n) is 11.8. The lowest BCUT2D eigenvalue weighted by Gasteiger charge is -2.29. The maximum Gasteiger partial charge on any atom is 0.325 e. The topological polar surface area (TPSA) is 486 Å². The fraction of sp³-hybridized carbons (Fsp3) is 0.608. The van der Waals surface area contributed by atoms with Crippen molar-refractivity contribution in [2.75, 3.05) is 6.54 Å². The van der Waals surface area contributed by atoms with Crippen molar-refractivity contribution in [2.45, 2.75) is 173 Å². The molecule has 0 unspecified atom stereocenters. The van der Waals surface area contributed by atoms with Crippen LogP contribution in [0.4, 0.5) is 0 Å². The van der Waals surface area contributed by atoms with Gasteiger partial charge in [0.15, 0.2) is 0 Å². The van der Waals surface area contributed by atoms with E-state index in [1.165, 1.54) is 6.92 Å². The molecule has 1 rings (SSSR count). The summed E-state index contributed by atoms with van der Waals surface area (Å²) in [6.45, 7) is 10.9. The Balaban J connectivity index is 3.66. The van der Waals surface area contributed by atoms with Crippen LogP contribution in [0.3, 0.4) is 0 Å². The minimum absolute atomic E-state index is 0.0548. The molecule has 1 aromatic carbocycles. The Kier molecular flexibility index (Phi) is 30.8. The fourth-order valence-electron chi connectivity index (χ4n) is 7.74. The second kappa shape index (κ2) is 35.3. The summed E-state index contributed by atoms with van der Waals surface area (Å²) in [6.07, 6.45) is -4.53. The predicted octanol–water partition coefficient (Wildman–Crippen LogP) is -3.34. The summed E-state index contributed by atoms with van der Waals surface area (Å²) < 4.78 is 0. The molecule has 0 aromatic heterocycles. The molecule has 1 aromatic rings. The predicted molar refractivity (Wildman–Crippen MR) is 284 cm³/mol. The molecule has 0 radical (unpaired) electrons. The van der Waals surface area contributed by atoms with Crippen molar-refractivity contribution in [3.8, 4) is 0 Å². The van der Waals surface area contributed by atoms with E-state index in [2.05, 4.69) is 47.9 Å². The molecule has 0 aliphatic carbocycles. The van der Waals surface area contributed by atoms with Gasteiger partial charge in [0.1, 0.15) is 54.4 Å². The van der Waals surface area contributed by atoms with Gasteiger partial charge in [-0.1, -0.05) is 71.9 Å². The molecule has 0 aliphatic rings. The van der Waals surface area contributed by atoms with Gasteiger partial charge < -0.3 is 80.4 Å². The van der Waals surface area contributed by atoms with Crippen molar-refractivity contribution < 1.29 is 82.4 Å². The number of carbonyl (C=O) groups is 14. The summed E-state index contributed by atoms with van der Waals surface area (Å²) in [5, 5.41) is 50.1. The van der Waals surface area contributed by atoms with Crippen LogP contribution in [0, 0.1) is 17.8 Å². The van der Waals surface area contributed by atoms with Gasteiger partial charge in [0, 0.05) is 25.7 Å². The molecule has 18 N–H and O–H groups in total. The highest BCUT2D eigenvalue weighted by molar-refractivity contribution is 5.99. The van der Waals surface area contributed by atoms with E-state index in [-0.39, 0.29) is 43.9 Å². The van der Waals surface area contributed by atoms with Crippen molar-refractivity contribution in [2.24, 2.45) is 35.0 Å². The average Bonchev–Trinajstić information content (AvgIpc) is 3.35. The van der Waals surface area contributed by atoms with E-state index in [9.17, 15) is 82.4 Å². The highest BCUT2D eigenvalue weighted by atomic mass is 16.4. The molecule has 0 heterocycles. The number of primary amides is 2. The maximum atomic E-state index is 14.3. The highest BCUT2D eigenvalue weighted by Crippen LogP contribution is 2.13. The van der Waals surface area contributed by atoms with E-state index >= 15 is 0 Å². The van der Waals surface area contributed by atoms with E-state index in [1.807, 2.05) is 0 Å². The molecule has 11 amide bonds. The number of hydrogen-bond acceptors (Lipinski definition) is 15. The van der Waals surface area contributed by atoms with Gasteiger partial charge in [0.05, 0.1) is 13.0 Å². The first-order valence-electron chi connectivity index (χ1n) is 26.0. The van der Waals surface area contributed by atoms with E-state index in [4.69, 9.17) is 17.2 Å². The lowest BCUT2D eigenvalue weighted by molar-refractivity contribution is -0.142. The molecule has 0 saturated heterocycles. The summed E-state index contributed by atoms with van der Waals surface area (Å²) in [5.41, 5.74) is 16.6. The summed E-state index contributed by atoms with van der Waals surface area (Å²) in [5.74, 6) is -16.0. The summed E-state index contributed by atoms with van der Waals surface area (Å²) >= 11 is 0. The lowest BCUT2D eigenvalue weighted by Crippen LogP contribution is -2.61. The van der Waals surface area contributed by atoms with Crippen LogP contribution in [-0.2, 0) is 73.5 Å². The monoisotopic (exact) mass is 1130 g/mol.